The quantitative estimate of drug-likeness (QED) is 0.0438. The Kier molecular flexibility index (Phi) is 19.4. The molecule has 5 amide bonds. The molecule has 19 heteroatoms. The number of ether oxygens (including phenoxy) is 3. The van der Waals surface area contributed by atoms with Crippen LogP contribution in [0.15, 0.2) is 116 Å². The van der Waals surface area contributed by atoms with Crippen LogP contribution in [0.1, 0.15) is 37.5 Å². The average molecular weight is 900 g/mol. The highest BCUT2D eigenvalue weighted by molar-refractivity contribution is 7.89. The molecular formula is C45H53N7O11S. The van der Waals surface area contributed by atoms with Crippen LogP contribution in [0, 0.1) is 5.92 Å². The maximum Gasteiger partial charge on any atom is 0.408 e. The smallest absolute Gasteiger partial charge is 0.408 e. The number of benzene rings is 3. The largest absolute Gasteiger partial charge is 0.484 e. The molecule has 340 valence electrons. The van der Waals surface area contributed by atoms with Gasteiger partial charge in [-0.3, -0.25) is 24.0 Å². The summed E-state index contributed by atoms with van der Waals surface area (Å²) in [5.41, 5.74) is 2.07. The lowest BCUT2D eigenvalue weighted by atomic mass is 10.1. The van der Waals surface area contributed by atoms with Gasteiger partial charge in [-0.05, 0) is 29.0 Å². The molecule has 1 heterocycles. The molecule has 0 saturated heterocycles. The van der Waals surface area contributed by atoms with Gasteiger partial charge in [0.1, 0.15) is 49.2 Å². The van der Waals surface area contributed by atoms with Gasteiger partial charge in [0.15, 0.2) is 6.61 Å². The SMILES string of the molecule is C=CCOC(=O)N[C@@H](Cc1ccccc1)C(=O)Nc1cc(OCC(=O)NCC(=O)OCc2ccccc2)cc(NC(=O)[C@H](Cc2ccccc2)NS(=O)(=O)C[C@@H](NC(C)=O)C(C)C)n1. The minimum Gasteiger partial charge on any atom is -0.484 e. The fourth-order valence-electron chi connectivity index (χ4n) is 5.88. The maximum absolute atomic E-state index is 14.1. The zero-order chi connectivity index (χ0) is 46.5. The van der Waals surface area contributed by atoms with Crippen LogP contribution in [0.4, 0.5) is 16.4 Å². The number of alkyl carbamates (subject to hydrolysis) is 1. The molecule has 3 aromatic carbocycles. The van der Waals surface area contributed by atoms with Crippen LogP contribution in [0.5, 0.6) is 5.75 Å². The van der Waals surface area contributed by atoms with Gasteiger partial charge in [-0.1, -0.05) is 117 Å². The number of anilines is 2. The van der Waals surface area contributed by atoms with Gasteiger partial charge in [0, 0.05) is 31.5 Å². The lowest BCUT2D eigenvalue weighted by molar-refractivity contribution is -0.145. The molecule has 0 aliphatic carbocycles. The number of hydrogen-bond donors (Lipinski definition) is 6. The second-order valence-electron chi connectivity index (χ2n) is 14.7. The number of aromatic nitrogens is 1. The van der Waals surface area contributed by atoms with Crippen molar-refractivity contribution in [3.8, 4) is 5.75 Å². The third-order valence-electron chi connectivity index (χ3n) is 9.08. The van der Waals surface area contributed by atoms with Gasteiger partial charge in [0.25, 0.3) is 5.91 Å². The van der Waals surface area contributed by atoms with Crippen molar-refractivity contribution < 1.29 is 51.4 Å². The molecule has 3 atom stereocenters. The zero-order valence-corrected chi connectivity index (χ0v) is 36.5. The summed E-state index contributed by atoms with van der Waals surface area (Å²) in [5, 5.41) is 12.8. The third kappa shape index (κ3) is 18.1. The Hall–Kier alpha value is -7.12. The Morgan fingerprint density at radius 3 is 1.80 bits per heavy atom. The number of esters is 1. The first-order valence-corrected chi connectivity index (χ1v) is 21.9. The molecule has 0 unspecified atom stereocenters. The first-order valence-electron chi connectivity index (χ1n) is 20.2. The summed E-state index contributed by atoms with van der Waals surface area (Å²) in [4.78, 5) is 81.8. The monoisotopic (exact) mass is 899 g/mol. The molecule has 0 radical (unpaired) electrons. The van der Waals surface area contributed by atoms with Crippen molar-refractivity contribution in [3.63, 3.8) is 0 Å². The van der Waals surface area contributed by atoms with E-state index >= 15 is 0 Å². The van der Waals surface area contributed by atoms with Crippen molar-refractivity contribution in [1.29, 1.82) is 0 Å². The van der Waals surface area contributed by atoms with Crippen molar-refractivity contribution in [1.82, 2.24) is 25.7 Å². The van der Waals surface area contributed by atoms with Crippen LogP contribution in [0.25, 0.3) is 0 Å². The first kappa shape index (κ1) is 49.5. The number of amides is 5. The van der Waals surface area contributed by atoms with E-state index in [1.807, 2.05) is 6.07 Å². The lowest BCUT2D eigenvalue weighted by Gasteiger charge is -2.24. The van der Waals surface area contributed by atoms with E-state index in [1.54, 1.807) is 98.8 Å². The number of hydrogen-bond acceptors (Lipinski definition) is 12. The Labute approximate surface area is 372 Å². The minimum absolute atomic E-state index is 0.00693. The summed E-state index contributed by atoms with van der Waals surface area (Å²) in [6.45, 7) is 7.09. The molecule has 4 aromatic rings. The predicted molar refractivity (Wildman–Crippen MR) is 238 cm³/mol. The molecule has 1 aromatic heterocycles. The van der Waals surface area contributed by atoms with Crippen LogP contribution in [0.2, 0.25) is 0 Å². The van der Waals surface area contributed by atoms with Gasteiger partial charge in [-0.15, -0.1) is 0 Å². The average Bonchev–Trinajstić information content (AvgIpc) is 3.26. The summed E-state index contributed by atoms with van der Waals surface area (Å²) in [6, 6.07) is 25.5. The fourth-order valence-corrected chi connectivity index (χ4v) is 7.54. The molecule has 0 fully saturated rings. The van der Waals surface area contributed by atoms with E-state index in [4.69, 9.17) is 14.2 Å². The summed E-state index contributed by atoms with van der Waals surface area (Å²) in [6.07, 6.45) is 0.400. The second-order valence-corrected chi connectivity index (χ2v) is 16.5. The van der Waals surface area contributed by atoms with Gasteiger partial charge in [-0.2, -0.15) is 0 Å². The molecule has 0 saturated carbocycles. The summed E-state index contributed by atoms with van der Waals surface area (Å²) in [7, 11) is -4.21. The van der Waals surface area contributed by atoms with Gasteiger partial charge < -0.3 is 40.8 Å². The summed E-state index contributed by atoms with van der Waals surface area (Å²) < 4.78 is 45.5. The van der Waals surface area contributed by atoms with E-state index in [9.17, 15) is 37.2 Å². The van der Waals surface area contributed by atoms with E-state index < -0.39 is 82.7 Å². The van der Waals surface area contributed by atoms with Gasteiger partial charge >= 0.3 is 12.1 Å². The van der Waals surface area contributed by atoms with Crippen molar-refractivity contribution >= 4 is 57.4 Å². The number of sulfonamides is 1. The van der Waals surface area contributed by atoms with Crippen molar-refractivity contribution in [2.75, 3.05) is 36.1 Å². The summed E-state index contributed by atoms with van der Waals surface area (Å²) >= 11 is 0. The molecule has 18 nitrogen and oxygen atoms in total. The molecule has 64 heavy (non-hydrogen) atoms. The van der Waals surface area contributed by atoms with Crippen LogP contribution < -0.4 is 36.0 Å². The number of carbonyl (C=O) groups excluding carboxylic acids is 6. The van der Waals surface area contributed by atoms with Crippen molar-refractivity contribution in [3.05, 3.63) is 132 Å². The molecule has 0 bridgehead atoms. The molecule has 0 aliphatic rings. The Balaban J connectivity index is 1.59. The number of nitrogens with zero attached hydrogens (tertiary/aromatic N) is 1. The van der Waals surface area contributed by atoms with Crippen molar-refractivity contribution in [2.24, 2.45) is 5.92 Å². The molecular weight excluding hydrogens is 847 g/mol. The number of rotatable bonds is 24. The van der Waals surface area contributed by atoms with E-state index in [-0.39, 0.29) is 49.4 Å². The highest BCUT2D eigenvalue weighted by Gasteiger charge is 2.30. The number of nitrogens with one attached hydrogen (secondary N) is 6. The van der Waals surface area contributed by atoms with Crippen LogP contribution in [-0.4, -0.2) is 92.7 Å². The third-order valence-corrected chi connectivity index (χ3v) is 10.5. The fraction of sp³-hybridized carbons (Fsp3) is 0.311. The standard InChI is InChI=1S/C45H53N7O11S/c1-5-21-61-45(58)48-36(22-32-15-9-6-10-16-32)43(56)50-39-24-35(62-28-41(54)46-26-42(55)63-27-34-19-13-8-14-20-34)25-40(49-39)51-44(57)37(23-33-17-11-7-12-18-33)52-64(59,60)29-38(30(2)3)47-31(4)53/h5-20,24-25,30,36-38,52H,1,21-23,26-29H2,2-4H3,(H,46,54)(H,47,53)(H,48,58)(H2,49,50,51,56,57)/t36-,37-,38+/m0/s1. The zero-order valence-electron chi connectivity index (χ0n) is 35.7. The highest BCUT2D eigenvalue weighted by Crippen LogP contribution is 2.22. The van der Waals surface area contributed by atoms with Gasteiger partial charge in [0.2, 0.25) is 27.7 Å². The van der Waals surface area contributed by atoms with E-state index in [0.717, 1.165) is 5.56 Å². The first-order chi connectivity index (χ1) is 30.6. The number of carbonyl (C=O) groups is 6. The second kappa shape index (κ2) is 25.1. The minimum atomic E-state index is -4.21. The predicted octanol–water partition coefficient (Wildman–Crippen LogP) is 3.41. The Morgan fingerprint density at radius 2 is 1.27 bits per heavy atom. The van der Waals surface area contributed by atoms with Crippen molar-refractivity contribution in [2.45, 2.75) is 58.3 Å². The Bertz CT molecular complexity index is 2320. The van der Waals surface area contributed by atoms with Crippen LogP contribution in [-0.2, 0) is 62.9 Å². The topological polar surface area (TPSA) is 249 Å². The van der Waals surface area contributed by atoms with E-state index in [0.29, 0.717) is 11.1 Å². The Morgan fingerprint density at radius 1 is 0.734 bits per heavy atom. The molecule has 0 spiro atoms. The number of pyridine rings is 1. The molecule has 0 aliphatic heterocycles. The van der Waals surface area contributed by atoms with E-state index in [1.165, 1.54) is 25.1 Å². The molecule has 6 N–H and O–H groups in total. The van der Waals surface area contributed by atoms with Gasteiger partial charge in [0.05, 0.1) is 5.75 Å². The van der Waals surface area contributed by atoms with Gasteiger partial charge in [-0.25, -0.2) is 22.9 Å². The highest BCUT2D eigenvalue weighted by atomic mass is 32.2. The maximum atomic E-state index is 14.1. The molecule has 4 rings (SSSR count). The van der Waals surface area contributed by atoms with E-state index in [2.05, 4.69) is 42.9 Å². The van der Waals surface area contributed by atoms with Crippen LogP contribution >= 0.6 is 0 Å². The van der Waals surface area contributed by atoms with Crippen LogP contribution in [0.3, 0.4) is 0 Å². The normalized spacial score (nSPS) is 12.4. The lowest BCUT2D eigenvalue weighted by Crippen LogP contribution is -2.50. The summed E-state index contributed by atoms with van der Waals surface area (Å²) in [5.74, 6) is -4.73.